The van der Waals surface area contributed by atoms with Crippen LogP contribution in [0.4, 0.5) is 4.39 Å². The molecule has 1 aliphatic rings. The van der Waals surface area contributed by atoms with Gasteiger partial charge in [-0.15, -0.1) is 0 Å². The molecular weight excluding hydrogens is 415 g/mol. The van der Waals surface area contributed by atoms with Crippen molar-refractivity contribution >= 4 is 25.8 Å². The summed E-state index contributed by atoms with van der Waals surface area (Å²) in [7, 11) is -3.90. The second-order valence-electron chi connectivity index (χ2n) is 6.52. The van der Waals surface area contributed by atoms with Crippen molar-refractivity contribution in [3.8, 4) is 0 Å². The fourth-order valence-corrected chi connectivity index (χ4v) is 4.52. The number of ether oxygens (including phenoxy) is 3. The van der Waals surface area contributed by atoms with Crippen molar-refractivity contribution in [2.24, 2.45) is 0 Å². The minimum atomic E-state index is -3.90. The molecule has 1 fully saturated rings. The number of halogens is 2. The van der Waals surface area contributed by atoms with Crippen molar-refractivity contribution in [3.05, 3.63) is 28.7 Å². The van der Waals surface area contributed by atoms with E-state index in [0.717, 1.165) is 4.47 Å². The fourth-order valence-electron chi connectivity index (χ4n) is 2.64. The first-order chi connectivity index (χ1) is 11.6. The number of benzene rings is 1. The lowest BCUT2D eigenvalue weighted by molar-refractivity contribution is -0.262. The average Bonchev–Trinajstić information content (AvgIpc) is 2.50. The van der Waals surface area contributed by atoms with Crippen molar-refractivity contribution in [2.75, 3.05) is 6.61 Å². The molecule has 2 rings (SSSR count). The van der Waals surface area contributed by atoms with Gasteiger partial charge in [-0.3, -0.25) is 0 Å². The molecule has 5 nitrogen and oxygen atoms in total. The number of rotatable bonds is 6. The highest BCUT2D eigenvalue weighted by molar-refractivity contribution is 9.10. The zero-order valence-electron chi connectivity index (χ0n) is 14.7. The highest BCUT2D eigenvalue weighted by Crippen LogP contribution is 2.31. The zero-order valence-corrected chi connectivity index (χ0v) is 17.1. The third kappa shape index (κ3) is 5.01. The Morgan fingerprint density at radius 2 is 1.68 bits per heavy atom. The summed E-state index contributed by atoms with van der Waals surface area (Å²) in [6.07, 6.45) is -4.29. The molecule has 0 aliphatic carbocycles. The van der Waals surface area contributed by atoms with E-state index in [2.05, 4.69) is 15.9 Å². The topological polar surface area (TPSA) is 61.8 Å². The summed E-state index contributed by atoms with van der Waals surface area (Å²) in [6, 6.07) is 6.11. The average molecular weight is 439 g/mol. The summed E-state index contributed by atoms with van der Waals surface area (Å²) in [5, 5.41) is -1.34. The third-order valence-corrected chi connectivity index (χ3v) is 6.39. The van der Waals surface area contributed by atoms with Crippen molar-refractivity contribution in [1.82, 2.24) is 0 Å². The van der Waals surface area contributed by atoms with Gasteiger partial charge >= 0.3 is 0 Å². The molecule has 1 aromatic carbocycles. The summed E-state index contributed by atoms with van der Waals surface area (Å²) in [5.41, 5.74) is 0. The molecule has 0 aromatic heterocycles. The van der Waals surface area contributed by atoms with E-state index < -0.39 is 33.7 Å². The highest BCUT2D eigenvalue weighted by atomic mass is 79.9. The Kier molecular flexibility index (Phi) is 7.01. The summed E-state index contributed by atoms with van der Waals surface area (Å²) in [4.78, 5) is 0.0541. The molecule has 1 saturated heterocycles. The summed E-state index contributed by atoms with van der Waals surface area (Å²) >= 11 is 3.26. The molecule has 0 N–H and O–H groups in total. The van der Waals surface area contributed by atoms with Gasteiger partial charge < -0.3 is 14.2 Å². The highest BCUT2D eigenvalue weighted by Gasteiger charge is 2.49. The molecule has 142 valence electrons. The predicted octanol–water partition coefficient (Wildman–Crippen LogP) is 3.50. The Morgan fingerprint density at radius 3 is 2.20 bits per heavy atom. The van der Waals surface area contributed by atoms with E-state index in [4.69, 9.17) is 14.2 Å². The molecule has 25 heavy (non-hydrogen) atoms. The molecule has 0 bridgehead atoms. The van der Waals surface area contributed by atoms with Gasteiger partial charge in [0.2, 0.25) is 0 Å². The molecule has 0 amide bonds. The lowest BCUT2D eigenvalue weighted by Gasteiger charge is -2.39. The number of sulfone groups is 1. The van der Waals surface area contributed by atoms with Crippen LogP contribution in [0.15, 0.2) is 33.6 Å². The van der Waals surface area contributed by atoms with Crippen LogP contribution in [0, 0.1) is 0 Å². The van der Waals surface area contributed by atoms with Crippen molar-refractivity contribution in [3.63, 3.8) is 0 Å². The van der Waals surface area contributed by atoms with Gasteiger partial charge in [0.25, 0.3) is 0 Å². The van der Waals surface area contributed by atoms with Gasteiger partial charge in [0.1, 0.15) is 11.4 Å². The van der Waals surface area contributed by atoms with Gasteiger partial charge in [-0.05, 0) is 52.0 Å². The maximum absolute atomic E-state index is 15.2. The first-order valence-corrected chi connectivity index (χ1v) is 10.5. The minimum Gasteiger partial charge on any atom is -0.367 e. The molecule has 0 spiro atoms. The normalized spacial score (nSPS) is 27.8. The van der Waals surface area contributed by atoms with Gasteiger partial charge in [0.15, 0.2) is 22.3 Å². The molecule has 8 heteroatoms. The van der Waals surface area contributed by atoms with Crippen LogP contribution in [-0.4, -0.2) is 51.0 Å². The quantitative estimate of drug-likeness (QED) is 0.679. The largest absolute Gasteiger partial charge is 0.367 e. The molecule has 1 aromatic rings. The lowest BCUT2D eigenvalue weighted by atomic mass is 10.1. The van der Waals surface area contributed by atoms with Gasteiger partial charge in [-0.2, -0.15) is 0 Å². The van der Waals surface area contributed by atoms with Crippen molar-refractivity contribution in [1.29, 1.82) is 0 Å². The Morgan fingerprint density at radius 1 is 1.12 bits per heavy atom. The monoisotopic (exact) mass is 438 g/mol. The SMILES string of the molecule is CC(C)OC1OCC(S(=O)(=O)c2ccc(Br)cc2)[C@H](F)[C@@H]1OC(C)C. The first kappa shape index (κ1) is 20.8. The Bertz CT molecular complexity index is 662. The second-order valence-corrected chi connectivity index (χ2v) is 9.60. The molecule has 0 saturated carbocycles. The maximum Gasteiger partial charge on any atom is 0.186 e. The van der Waals surface area contributed by atoms with E-state index in [-0.39, 0.29) is 23.7 Å². The van der Waals surface area contributed by atoms with Crippen LogP contribution in [-0.2, 0) is 24.0 Å². The van der Waals surface area contributed by atoms with Gasteiger partial charge in [0.05, 0.1) is 23.7 Å². The fraction of sp³-hybridized carbons (Fsp3) is 0.647. The Labute approximate surface area is 156 Å². The molecule has 1 heterocycles. The number of hydrogen-bond donors (Lipinski definition) is 0. The van der Waals surface area contributed by atoms with Gasteiger partial charge in [-0.1, -0.05) is 15.9 Å². The van der Waals surface area contributed by atoms with E-state index >= 15 is 4.39 Å². The summed E-state index contributed by atoms with van der Waals surface area (Å²) in [6.45, 7) is 6.83. The van der Waals surface area contributed by atoms with Crippen LogP contribution in [0.3, 0.4) is 0 Å². The summed E-state index contributed by atoms with van der Waals surface area (Å²) in [5.74, 6) is 0. The molecule has 0 radical (unpaired) electrons. The van der Waals surface area contributed by atoms with Gasteiger partial charge in [0, 0.05) is 4.47 Å². The van der Waals surface area contributed by atoms with E-state index in [1.807, 2.05) is 0 Å². The van der Waals surface area contributed by atoms with Crippen LogP contribution in [0.25, 0.3) is 0 Å². The zero-order chi connectivity index (χ0) is 18.8. The molecule has 1 aliphatic heterocycles. The van der Waals surface area contributed by atoms with E-state index in [9.17, 15) is 8.42 Å². The predicted molar refractivity (Wildman–Crippen MR) is 96.0 cm³/mol. The van der Waals surface area contributed by atoms with Crippen molar-refractivity contribution in [2.45, 2.75) is 68.6 Å². The summed E-state index contributed by atoms with van der Waals surface area (Å²) < 4.78 is 58.3. The van der Waals surface area contributed by atoms with E-state index in [1.165, 1.54) is 12.1 Å². The van der Waals surface area contributed by atoms with E-state index in [0.29, 0.717) is 0 Å². The van der Waals surface area contributed by atoms with Crippen LogP contribution >= 0.6 is 15.9 Å². The molecule has 2 unspecified atom stereocenters. The van der Waals surface area contributed by atoms with Crippen LogP contribution in [0.1, 0.15) is 27.7 Å². The molecule has 4 atom stereocenters. The van der Waals surface area contributed by atoms with Crippen LogP contribution in [0.2, 0.25) is 0 Å². The molecular formula is C17H24BrFO5S. The van der Waals surface area contributed by atoms with Crippen LogP contribution < -0.4 is 0 Å². The number of hydrogen-bond acceptors (Lipinski definition) is 5. The smallest absolute Gasteiger partial charge is 0.186 e. The van der Waals surface area contributed by atoms with E-state index in [1.54, 1.807) is 39.8 Å². The minimum absolute atomic E-state index is 0.0541. The maximum atomic E-state index is 15.2. The Balaban J connectivity index is 2.28. The second kappa shape index (κ2) is 8.43. The van der Waals surface area contributed by atoms with Gasteiger partial charge in [-0.25, -0.2) is 12.8 Å². The van der Waals surface area contributed by atoms with Crippen LogP contribution in [0.5, 0.6) is 0 Å². The standard InChI is InChI=1S/C17H24BrFO5S/c1-10(2)23-16-15(19)14(9-22-17(16)24-11(3)4)25(20,21)13-7-5-12(18)6-8-13/h5-8,10-11,14-17H,9H2,1-4H3/t14?,15-,16-,17?/m0/s1. The first-order valence-electron chi connectivity index (χ1n) is 8.19. The number of alkyl halides is 1. The Hall–Kier alpha value is -0.540. The van der Waals surface area contributed by atoms with Crippen molar-refractivity contribution < 1.29 is 27.0 Å². The third-order valence-electron chi connectivity index (χ3n) is 3.74. The lowest BCUT2D eigenvalue weighted by Crippen LogP contribution is -2.56.